The van der Waals surface area contributed by atoms with E-state index < -0.39 is 0 Å². The van der Waals surface area contributed by atoms with E-state index in [1.54, 1.807) is 0 Å². The standard InChI is InChI=1S/C12H6N6S2/c1-3-9-11(17-19-15-9)5-7(1)13-14-8-2-4-10-12(6-8)18-20-16-10/h1-6H. The summed E-state index contributed by atoms with van der Waals surface area (Å²) in [5.41, 5.74) is 4.94. The van der Waals surface area contributed by atoms with E-state index in [1.807, 2.05) is 36.4 Å². The maximum Gasteiger partial charge on any atom is 0.107 e. The van der Waals surface area contributed by atoms with Crippen molar-refractivity contribution < 1.29 is 0 Å². The zero-order valence-electron chi connectivity index (χ0n) is 9.96. The first-order chi connectivity index (χ1) is 9.88. The van der Waals surface area contributed by atoms with Gasteiger partial charge >= 0.3 is 0 Å². The summed E-state index contributed by atoms with van der Waals surface area (Å²) < 4.78 is 16.7. The van der Waals surface area contributed by atoms with Crippen molar-refractivity contribution in [1.82, 2.24) is 17.5 Å². The number of benzene rings is 2. The molecule has 6 nitrogen and oxygen atoms in total. The summed E-state index contributed by atoms with van der Waals surface area (Å²) in [5, 5.41) is 8.43. The monoisotopic (exact) mass is 298 g/mol. The van der Waals surface area contributed by atoms with Crippen molar-refractivity contribution >= 4 is 56.9 Å². The normalized spacial score (nSPS) is 11.8. The van der Waals surface area contributed by atoms with Gasteiger partial charge in [-0.15, -0.1) is 0 Å². The van der Waals surface area contributed by atoms with Crippen molar-refractivity contribution in [2.24, 2.45) is 10.2 Å². The summed E-state index contributed by atoms with van der Waals surface area (Å²) in [6.07, 6.45) is 0. The van der Waals surface area contributed by atoms with Crippen molar-refractivity contribution in [2.45, 2.75) is 0 Å². The highest BCUT2D eigenvalue weighted by molar-refractivity contribution is 7.00. The van der Waals surface area contributed by atoms with Gasteiger partial charge in [-0.05, 0) is 36.4 Å². The highest BCUT2D eigenvalue weighted by Crippen LogP contribution is 2.24. The minimum Gasteiger partial charge on any atom is -0.173 e. The Morgan fingerprint density at radius 2 is 1.05 bits per heavy atom. The van der Waals surface area contributed by atoms with Gasteiger partial charge in [-0.3, -0.25) is 0 Å². The summed E-state index contributed by atoms with van der Waals surface area (Å²) in [6, 6.07) is 11.3. The fourth-order valence-corrected chi connectivity index (χ4v) is 2.82. The Morgan fingerprint density at radius 1 is 0.600 bits per heavy atom. The van der Waals surface area contributed by atoms with Crippen molar-refractivity contribution in [3.63, 3.8) is 0 Å². The molecule has 2 aromatic heterocycles. The minimum absolute atomic E-state index is 0.752. The smallest absolute Gasteiger partial charge is 0.107 e. The topological polar surface area (TPSA) is 76.3 Å². The van der Waals surface area contributed by atoms with Gasteiger partial charge in [0.25, 0.3) is 0 Å². The second kappa shape index (κ2) is 4.66. The van der Waals surface area contributed by atoms with Crippen LogP contribution in [0.4, 0.5) is 11.4 Å². The SMILES string of the molecule is c1cc2nsnc2cc1N=Nc1ccc2nsnc2c1. The van der Waals surface area contributed by atoms with E-state index in [1.165, 1.54) is 23.5 Å². The molecule has 0 unspecified atom stereocenters. The highest BCUT2D eigenvalue weighted by atomic mass is 32.1. The highest BCUT2D eigenvalue weighted by Gasteiger charge is 2.01. The molecule has 0 N–H and O–H groups in total. The Labute approximate surface area is 121 Å². The largest absolute Gasteiger partial charge is 0.173 e. The molecule has 0 amide bonds. The van der Waals surface area contributed by atoms with Gasteiger partial charge in [-0.25, -0.2) is 0 Å². The second-order valence-electron chi connectivity index (χ2n) is 4.07. The zero-order valence-corrected chi connectivity index (χ0v) is 11.6. The van der Waals surface area contributed by atoms with E-state index in [0.717, 1.165) is 33.4 Å². The van der Waals surface area contributed by atoms with Crippen LogP contribution in [0.25, 0.3) is 22.1 Å². The molecule has 0 fully saturated rings. The molecule has 4 rings (SSSR count). The van der Waals surface area contributed by atoms with Crippen LogP contribution in [0.3, 0.4) is 0 Å². The van der Waals surface area contributed by atoms with Crippen LogP contribution < -0.4 is 0 Å². The third-order valence-electron chi connectivity index (χ3n) is 2.76. The Morgan fingerprint density at radius 3 is 1.55 bits per heavy atom. The van der Waals surface area contributed by atoms with Crippen molar-refractivity contribution in [1.29, 1.82) is 0 Å². The van der Waals surface area contributed by atoms with E-state index in [2.05, 4.69) is 27.7 Å². The van der Waals surface area contributed by atoms with Gasteiger partial charge in [-0.2, -0.15) is 27.7 Å². The lowest BCUT2D eigenvalue weighted by molar-refractivity contribution is 1.24. The van der Waals surface area contributed by atoms with Crippen LogP contribution in [-0.2, 0) is 0 Å². The van der Waals surface area contributed by atoms with Crippen LogP contribution in [-0.4, -0.2) is 17.5 Å². The van der Waals surface area contributed by atoms with E-state index in [9.17, 15) is 0 Å². The molecule has 0 aliphatic carbocycles. The van der Waals surface area contributed by atoms with Crippen molar-refractivity contribution in [2.75, 3.05) is 0 Å². The third-order valence-corrected chi connectivity index (χ3v) is 3.87. The quantitative estimate of drug-likeness (QED) is 0.522. The molecule has 96 valence electrons. The molecule has 0 aliphatic heterocycles. The predicted molar refractivity (Wildman–Crippen MR) is 79.0 cm³/mol. The zero-order chi connectivity index (χ0) is 13.4. The molecule has 0 saturated heterocycles. The summed E-state index contributed by atoms with van der Waals surface area (Å²) in [7, 11) is 0. The first-order valence-electron chi connectivity index (χ1n) is 5.75. The van der Waals surface area contributed by atoms with Crippen LogP contribution in [0.2, 0.25) is 0 Å². The summed E-state index contributed by atoms with van der Waals surface area (Å²) >= 11 is 2.38. The summed E-state index contributed by atoms with van der Waals surface area (Å²) in [6.45, 7) is 0. The lowest BCUT2D eigenvalue weighted by atomic mass is 10.3. The number of aromatic nitrogens is 4. The van der Waals surface area contributed by atoms with Crippen molar-refractivity contribution in [3.8, 4) is 0 Å². The van der Waals surface area contributed by atoms with Crippen LogP contribution in [0.5, 0.6) is 0 Å². The molecule has 2 aromatic carbocycles. The first kappa shape index (κ1) is 11.5. The number of hydrogen-bond acceptors (Lipinski definition) is 8. The lowest BCUT2D eigenvalue weighted by Gasteiger charge is -1.93. The molecule has 0 radical (unpaired) electrons. The van der Waals surface area contributed by atoms with Gasteiger partial charge in [0.15, 0.2) is 0 Å². The molecule has 8 heteroatoms. The van der Waals surface area contributed by atoms with E-state index in [4.69, 9.17) is 0 Å². The maximum absolute atomic E-state index is 4.21. The molecule has 0 aliphatic rings. The molecule has 20 heavy (non-hydrogen) atoms. The molecule has 4 aromatic rings. The van der Waals surface area contributed by atoms with Crippen LogP contribution >= 0.6 is 23.5 Å². The first-order valence-corrected chi connectivity index (χ1v) is 7.21. The Bertz CT molecular complexity index is 850. The summed E-state index contributed by atoms with van der Waals surface area (Å²) in [5.74, 6) is 0. The number of nitrogens with zero attached hydrogens (tertiary/aromatic N) is 6. The number of hydrogen-bond donors (Lipinski definition) is 0. The number of rotatable bonds is 2. The molecule has 0 bridgehead atoms. The summed E-state index contributed by atoms with van der Waals surface area (Å²) in [4.78, 5) is 0. The molecular weight excluding hydrogens is 292 g/mol. The van der Waals surface area contributed by atoms with Gasteiger partial charge in [-0.1, -0.05) is 0 Å². The molecular formula is C12H6N6S2. The molecule has 0 saturated carbocycles. The Hall–Kier alpha value is -2.32. The van der Waals surface area contributed by atoms with Crippen LogP contribution in [0.15, 0.2) is 46.6 Å². The number of azo groups is 1. The van der Waals surface area contributed by atoms with E-state index in [0.29, 0.717) is 0 Å². The maximum atomic E-state index is 4.21. The van der Waals surface area contributed by atoms with Gasteiger partial charge in [0, 0.05) is 0 Å². The predicted octanol–water partition coefficient (Wildman–Crippen LogP) is 4.11. The van der Waals surface area contributed by atoms with Crippen molar-refractivity contribution in [3.05, 3.63) is 36.4 Å². The molecule has 0 spiro atoms. The van der Waals surface area contributed by atoms with Crippen LogP contribution in [0.1, 0.15) is 0 Å². The molecule has 0 atom stereocenters. The van der Waals surface area contributed by atoms with Gasteiger partial charge in [0.05, 0.1) is 34.8 Å². The Balaban J connectivity index is 1.69. The van der Waals surface area contributed by atoms with Crippen LogP contribution in [0, 0.1) is 0 Å². The Kier molecular flexibility index (Phi) is 2.68. The van der Waals surface area contributed by atoms with Gasteiger partial charge in [0.2, 0.25) is 0 Å². The average Bonchev–Trinajstić information content (AvgIpc) is 3.12. The third kappa shape index (κ3) is 2.04. The van der Waals surface area contributed by atoms with E-state index >= 15 is 0 Å². The number of fused-ring (bicyclic) bond motifs is 2. The fourth-order valence-electron chi connectivity index (χ4n) is 1.78. The fraction of sp³-hybridized carbons (Fsp3) is 0. The second-order valence-corrected chi connectivity index (χ2v) is 5.13. The van der Waals surface area contributed by atoms with E-state index in [-0.39, 0.29) is 0 Å². The average molecular weight is 298 g/mol. The van der Waals surface area contributed by atoms with Gasteiger partial charge in [0.1, 0.15) is 22.1 Å². The molecule has 2 heterocycles. The van der Waals surface area contributed by atoms with Gasteiger partial charge < -0.3 is 0 Å². The minimum atomic E-state index is 0.752. The lowest BCUT2D eigenvalue weighted by Crippen LogP contribution is -1.70.